The molecule has 134 valence electrons. The van der Waals surface area contributed by atoms with E-state index in [2.05, 4.69) is 0 Å². The minimum absolute atomic E-state index is 0.195. The zero-order valence-corrected chi connectivity index (χ0v) is 13.6. The van der Waals surface area contributed by atoms with Crippen LogP contribution in [-0.2, 0) is 0 Å². The third-order valence-corrected chi connectivity index (χ3v) is 3.66. The summed E-state index contributed by atoms with van der Waals surface area (Å²) >= 11 is 0. The number of carboxylic acids is 2. The molecule has 9 nitrogen and oxygen atoms in total. The highest BCUT2D eigenvalue weighted by Crippen LogP contribution is 2.35. The van der Waals surface area contributed by atoms with Gasteiger partial charge in [-0.1, -0.05) is 0 Å². The number of hydrogen-bond donors (Lipinski definition) is 4. The molecule has 0 atom stereocenters. The molecule has 2 aromatic rings. The number of aromatic nitrogens is 1. The number of aromatic amines is 1. The zero-order chi connectivity index (χ0) is 19.8. The first-order valence-corrected chi connectivity index (χ1v) is 7.04. The van der Waals surface area contributed by atoms with Crippen LogP contribution in [0, 0.1) is 17.1 Å². The Morgan fingerprint density at radius 3 is 2.27 bits per heavy atom. The lowest BCUT2D eigenvalue weighted by atomic mass is 9.93. The number of aromatic carboxylic acids is 2. The lowest BCUT2D eigenvalue weighted by Crippen LogP contribution is -2.24. The smallest absolute Gasteiger partial charge is 0.342 e. The minimum atomic E-state index is -1.77. The molecule has 0 aliphatic rings. The normalized spacial score (nSPS) is 10.2. The summed E-state index contributed by atoms with van der Waals surface area (Å²) in [5.41, 5.74) is 1.08. The Bertz CT molecular complexity index is 1040. The number of carbonyl (C=O) groups is 2. The summed E-state index contributed by atoms with van der Waals surface area (Å²) in [6.45, 7) is 0. The largest absolute Gasteiger partial charge is 0.478 e. The van der Waals surface area contributed by atoms with Crippen LogP contribution in [0.5, 0.6) is 0 Å². The van der Waals surface area contributed by atoms with Crippen LogP contribution in [0.3, 0.4) is 0 Å². The molecule has 10 heteroatoms. The van der Waals surface area contributed by atoms with E-state index < -0.39 is 57.0 Å². The van der Waals surface area contributed by atoms with E-state index in [4.69, 9.17) is 5.73 Å². The Morgan fingerprint density at radius 1 is 1.23 bits per heavy atom. The Balaban J connectivity index is 3.07. The fraction of sp³-hybridized carbons (Fsp3) is 0.125. The highest BCUT2D eigenvalue weighted by atomic mass is 19.1. The van der Waals surface area contributed by atoms with Crippen LogP contribution in [0.25, 0.3) is 11.1 Å². The number of H-pyrrole nitrogens is 1. The molecule has 2 rings (SSSR count). The quantitative estimate of drug-likeness (QED) is 0.630. The van der Waals surface area contributed by atoms with Crippen molar-refractivity contribution in [3.63, 3.8) is 0 Å². The van der Waals surface area contributed by atoms with Gasteiger partial charge in [0.05, 0.1) is 5.69 Å². The van der Waals surface area contributed by atoms with E-state index in [1.807, 2.05) is 4.98 Å². The van der Waals surface area contributed by atoms with E-state index in [0.717, 1.165) is 6.07 Å². The topological polar surface area (TPSA) is 161 Å². The van der Waals surface area contributed by atoms with E-state index in [9.17, 15) is 34.2 Å². The number of carboxylic acid groups (broad SMARTS) is 2. The number of anilines is 2. The lowest BCUT2D eigenvalue weighted by molar-refractivity contribution is 0.0695. The van der Waals surface area contributed by atoms with Crippen molar-refractivity contribution in [1.82, 2.24) is 4.98 Å². The Hall–Kier alpha value is -3.87. The molecule has 1 aromatic carbocycles. The number of nitriles is 1. The Kier molecular flexibility index (Phi) is 4.66. The molecular weight excluding hydrogens is 347 g/mol. The second kappa shape index (κ2) is 6.56. The second-order valence-electron chi connectivity index (χ2n) is 5.43. The Morgan fingerprint density at radius 2 is 1.81 bits per heavy atom. The third-order valence-electron chi connectivity index (χ3n) is 3.66. The van der Waals surface area contributed by atoms with Gasteiger partial charge in [0, 0.05) is 25.2 Å². The summed E-state index contributed by atoms with van der Waals surface area (Å²) in [4.78, 5) is 38.4. The molecule has 0 aliphatic heterocycles. The summed E-state index contributed by atoms with van der Waals surface area (Å²) in [6, 6.07) is 4.06. The molecule has 26 heavy (non-hydrogen) atoms. The molecule has 0 spiro atoms. The average molecular weight is 360 g/mol. The van der Waals surface area contributed by atoms with Crippen molar-refractivity contribution in [3.8, 4) is 17.2 Å². The van der Waals surface area contributed by atoms with Crippen LogP contribution in [0.2, 0.25) is 0 Å². The van der Waals surface area contributed by atoms with Gasteiger partial charge in [-0.15, -0.1) is 0 Å². The van der Waals surface area contributed by atoms with Gasteiger partial charge in [0.1, 0.15) is 28.6 Å². The monoisotopic (exact) mass is 360 g/mol. The molecule has 0 amide bonds. The summed E-state index contributed by atoms with van der Waals surface area (Å²) in [5, 5.41) is 27.9. The first-order chi connectivity index (χ1) is 12.1. The first kappa shape index (κ1) is 18.5. The van der Waals surface area contributed by atoms with Gasteiger partial charge < -0.3 is 25.8 Å². The molecule has 0 bridgehead atoms. The van der Waals surface area contributed by atoms with Crippen molar-refractivity contribution in [2.75, 3.05) is 24.7 Å². The first-order valence-electron chi connectivity index (χ1n) is 7.04. The van der Waals surface area contributed by atoms with Crippen LogP contribution in [0.15, 0.2) is 16.9 Å². The van der Waals surface area contributed by atoms with E-state index in [0.29, 0.717) is 0 Å². The summed E-state index contributed by atoms with van der Waals surface area (Å²) < 4.78 is 14.9. The van der Waals surface area contributed by atoms with E-state index >= 15 is 0 Å². The van der Waals surface area contributed by atoms with E-state index in [-0.39, 0.29) is 5.69 Å². The predicted molar refractivity (Wildman–Crippen MR) is 89.8 cm³/mol. The van der Waals surface area contributed by atoms with Gasteiger partial charge in [-0.3, -0.25) is 4.79 Å². The molecule has 5 N–H and O–H groups in total. The molecule has 1 heterocycles. The van der Waals surface area contributed by atoms with E-state index in [1.165, 1.54) is 11.0 Å². The minimum Gasteiger partial charge on any atom is -0.478 e. The van der Waals surface area contributed by atoms with Crippen molar-refractivity contribution in [2.45, 2.75) is 0 Å². The average Bonchev–Trinajstić information content (AvgIpc) is 2.52. The standard InChI is InChI=1S/C16H13FN4O5/c1-21(2)8-4-3-6(12(17)7(8)5-18)9-10(15(23)24)13(19)20-14(22)11(9)16(25)26/h3-4H,1-2H3,(H,23,24)(H,25,26)(H3,19,20,22). The molecule has 0 saturated heterocycles. The van der Waals surface area contributed by atoms with Gasteiger partial charge in [-0.25, -0.2) is 14.0 Å². The highest BCUT2D eigenvalue weighted by molar-refractivity contribution is 6.07. The lowest BCUT2D eigenvalue weighted by Gasteiger charge is -2.18. The van der Waals surface area contributed by atoms with Crippen LogP contribution in [0.4, 0.5) is 15.9 Å². The van der Waals surface area contributed by atoms with Crippen molar-refractivity contribution in [3.05, 3.63) is 45.0 Å². The van der Waals surface area contributed by atoms with Crippen LogP contribution < -0.4 is 16.2 Å². The van der Waals surface area contributed by atoms with Gasteiger partial charge in [0.15, 0.2) is 5.82 Å². The number of nitrogens with one attached hydrogen (secondary N) is 1. The fourth-order valence-corrected chi connectivity index (χ4v) is 2.55. The molecule has 0 radical (unpaired) electrons. The SMILES string of the molecule is CN(C)c1ccc(-c2c(C(=O)O)c(N)[nH]c(=O)c2C(=O)O)c(F)c1C#N. The van der Waals surface area contributed by atoms with Crippen LogP contribution >= 0.6 is 0 Å². The molecule has 1 aromatic heterocycles. The number of halogens is 1. The van der Waals surface area contributed by atoms with E-state index in [1.54, 1.807) is 20.2 Å². The summed E-state index contributed by atoms with van der Waals surface area (Å²) in [5.74, 6) is -5.21. The van der Waals surface area contributed by atoms with Crippen LogP contribution in [0.1, 0.15) is 26.3 Å². The molecule has 0 unspecified atom stereocenters. The zero-order valence-electron chi connectivity index (χ0n) is 13.6. The highest BCUT2D eigenvalue weighted by Gasteiger charge is 2.29. The van der Waals surface area contributed by atoms with Crippen molar-refractivity contribution in [1.29, 1.82) is 5.26 Å². The molecule has 0 saturated carbocycles. The number of benzene rings is 1. The number of nitrogen functional groups attached to an aromatic ring is 1. The number of nitrogens with two attached hydrogens (primary N) is 1. The number of hydrogen-bond acceptors (Lipinski definition) is 6. The van der Waals surface area contributed by atoms with Crippen molar-refractivity contribution >= 4 is 23.4 Å². The number of rotatable bonds is 4. The van der Waals surface area contributed by atoms with Gasteiger partial charge in [0.25, 0.3) is 5.56 Å². The Labute approximate surface area is 145 Å². The molecule has 0 fully saturated rings. The summed E-state index contributed by atoms with van der Waals surface area (Å²) in [6.07, 6.45) is 0. The number of nitrogens with zero attached hydrogens (tertiary/aromatic N) is 2. The van der Waals surface area contributed by atoms with Crippen LogP contribution in [-0.4, -0.2) is 41.2 Å². The van der Waals surface area contributed by atoms with Gasteiger partial charge in [-0.2, -0.15) is 5.26 Å². The molecule has 0 aliphatic carbocycles. The van der Waals surface area contributed by atoms with Crippen molar-refractivity contribution in [2.24, 2.45) is 0 Å². The molecular formula is C16H13FN4O5. The predicted octanol–water partition coefficient (Wildman–Crippen LogP) is 1.10. The number of pyridine rings is 1. The maximum absolute atomic E-state index is 14.9. The van der Waals surface area contributed by atoms with Crippen molar-refractivity contribution < 1.29 is 24.2 Å². The maximum atomic E-state index is 14.9. The second-order valence-corrected chi connectivity index (χ2v) is 5.43. The van der Waals surface area contributed by atoms with Gasteiger partial charge in [-0.05, 0) is 12.1 Å². The fourth-order valence-electron chi connectivity index (χ4n) is 2.55. The maximum Gasteiger partial charge on any atom is 0.342 e. The summed E-state index contributed by atoms with van der Waals surface area (Å²) in [7, 11) is 3.12. The van der Waals surface area contributed by atoms with Gasteiger partial charge in [0.2, 0.25) is 0 Å². The van der Waals surface area contributed by atoms with Gasteiger partial charge >= 0.3 is 11.9 Å². The third kappa shape index (κ3) is 2.82.